The van der Waals surface area contributed by atoms with Gasteiger partial charge < -0.3 is 38.6 Å². The Morgan fingerprint density at radius 2 is 0.738 bits per heavy atom. The van der Waals surface area contributed by atoms with Crippen LogP contribution >= 0.6 is 0 Å². The minimum atomic E-state index is -1.17. The third kappa shape index (κ3) is 16.4. The Labute approximate surface area is 242 Å². The molecule has 0 saturated carbocycles. The summed E-state index contributed by atoms with van der Waals surface area (Å²) in [6.07, 6.45) is -6.86. The van der Waals surface area contributed by atoms with Crippen LogP contribution in [0.25, 0.3) is 0 Å². The number of carbonyl (C=O) groups is 8. The van der Waals surface area contributed by atoms with Crippen molar-refractivity contribution in [3.8, 4) is 0 Å². The van der Waals surface area contributed by atoms with E-state index in [9.17, 15) is 38.4 Å². The van der Waals surface area contributed by atoms with E-state index in [1.54, 1.807) is 0 Å². The molecule has 0 bridgehead atoms. The number of Topliss-reactive ketones (excluding diaryl/α,β-unsaturated/α-hetero) is 2. The minimum Gasteiger partial charge on any atom is -0.453 e. The number of aliphatic hydroxyl groups is 2. The minimum absolute atomic E-state index is 0.237. The van der Waals surface area contributed by atoms with Crippen molar-refractivity contribution in [1.29, 1.82) is 0 Å². The lowest BCUT2D eigenvalue weighted by Crippen LogP contribution is -2.40. The zero-order valence-electron chi connectivity index (χ0n) is 25.2. The van der Waals surface area contributed by atoms with Crippen LogP contribution in [0.15, 0.2) is 0 Å². The smallest absolute Gasteiger partial charge is 0.347 e. The summed E-state index contributed by atoms with van der Waals surface area (Å²) in [6.45, 7) is 14.0. The van der Waals surface area contributed by atoms with Crippen molar-refractivity contribution in [2.24, 2.45) is 0 Å². The summed E-state index contributed by atoms with van der Waals surface area (Å²) in [4.78, 5) is 85.0. The van der Waals surface area contributed by atoms with Crippen LogP contribution in [0.3, 0.4) is 0 Å². The second-order valence-electron chi connectivity index (χ2n) is 9.05. The van der Waals surface area contributed by atoms with Crippen LogP contribution in [-0.2, 0) is 66.8 Å². The monoisotopic (exact) mass is 608 g/mol. The first-order valence-electron chi connectivity index (χ1n) is 12.7. The van der Waals surface area contributed by atoms with Crippen LogP contribution in [0, 0.1) is 0 Å². The Kier molecular flexibility index (Phi) is 18.4. The van der Waals surface area contributed by atoms with Crippen molar-refractivity contribution in [1.82, 2.24) is 0 Å². The van der Waals surface area contributed by atoms with E-state index in [-0.39, 0.29) is 11.6 Å². The van der Waals surface area contributed by atoms with Crippen molar-refractivity contribution in [2.75, 3.05) is 0 Å². The van der Waals surface area contributed by atoms with Gasteiger partial charge in [-0.3, -0.25) is 9.59 Å². The van der Waals surface area contributed by atoms with Crippen molar-refractivity contribution in [3.63, 3.8) is 0 Å². The molecule has 2 N–H and O–H groups in total. The summed E-state index contributed by atoms with van der Waals surface area (Å²) in [5.74, 6) is -3.93. The maximum absolute atomic E-state index is 10.7. The number of ketones is 2. The van der Waals surface area contributed by atoms with E-state index in [1.165, 1.54) is 69.2 Å². The summed E-state index contributed by atoms with van der Waals surface area (Å²) >= 11 is 0. The highest BCUT2D eigenvalue weighted by Gasteiger charge is 2.33. The fourth-order valence-corrected chi connectivity index (χ4v) is 1.98. The average Bonchev–Trinajstić information content (AvgIpc) is 2.87. The number of carbonyl (C=O) groups excluding carboxylic acids is 8. The molecular formula is C26H40O16. The highest BCUT2D eigenvalue weighted by atomic mass is 16.7. The molecular weight excluding hydrogens is 568 g/mol. The van der Waals surface area contributed by atoms with Crippen LogP contribution in [-0.4, -0.2) is 106 Å². The van der Waals surface area contributed by atoms with Crippen LogP contribution in [0.5, 0.6) is 0 Å². The fraction of sp³-hybridized carbons (Fsp3) is 0.692. The second-order valence-corrected chi connectivity index (χ2v) is 9.05. The second kappa shape index (κ2) is 19.2. The Hall–Kier alpha value is -3.92. The predicted molar refractivity (Wildman–Crippen MR) is 138 cm³/mol. The highest BCUT2D eigenvalue weighted by molar-refractivity contribution is 5.87. The molecule has 2 heterocycles. The summed E-state index contributed by atoms with van der Waals surface area (Å²) in [5, 5.41) is 17.3. The average molecular weight is 609 g/mol. The van der Waals surface area contributed by atoms with Crippen molar-refractivity contribution in [3.05, 3.63) is 0 Å². The molecule has 8 atom stereocenters. The van der Waals surface area contributed by atoms with Crippen molar-refractivity contribution >= 4 is 47.4 Å². The van der Waals surface area contributed by atoms with Crippen LogP contribution in [0.2, 0.25) is 0 Å². The van der Waals surface area contributed by atoms with Crippen LogP contribution < -0.4 is 0 Å². The third-order valence-electron chi connectivity index (χ3n) is 4.91. The summed E-state index contributed by atoms with van der Waals surface area (Å²) in [6, 6.07) is 0. The van der Waals surface area contributed by atoms with Crippen LogP contribution in [0.4, 0.5) is 0 Å². The molecule has 0 amide bonds. The molecule has 42 heavy (non-hydrogen) atoms. The molecule has 2 aliphatic heterocycles. The van der Waals surface area contributed by atoms with Gasteiger partial charge in [0, 0.05) is 0 Å². The number of aliphatic hydroxyl groups excluding tert-OH is 2. The quantitative estimate of drug-likeness (QED) is 0.286. The maximum Gasteiger partial charge on any atom is 0.347 e. The van der Waals surface area contributed by atoms with Gasteiger partial charge in [-0.15, -0.1) is 0 Å². The third-order valence-corrected chi connectivity index (χ3v) is 4.91. The van der Waals surface area contributed by atoms with E-state index in [1.807, 2.05) is 0 Å². The molecule has 0 aromatic heterocycles. The number of hydrogen-bond donors (Lipinski definition) is 2. The van der Waals surface area contributed by atoms with E-state index in [2.05, 4.69) is 28.4 Å². The number of esters is 6. The molecule has 0 aliphatic carbocycles. The molecule has 2 fully saturated rings. The van der Waals surface area contributed by atoms with E-state index in [0.29, 0.717) is 0 Å². The molecule has 16 nitrogen and oxygen atoms in total. The molecule has 0 radical (unpaired) electrons. The van der Waals surface area contributed by atoms with Crippen LogP contribution in [0.1, 0.15) is 69.2 Å². The predicted octanol–water partition coefficient (Wildman–Crippen LogP) is -0.497. The zero-order chi connectivity index (χ0) is 33.5. The summed E-state index contributed by atoms with van der Waals surface area (Å²) in [5.41, 5.74) is 0. The first-order chi connectivity index (χ1) is 19.1. The molecule has 2 aliphatic rings. The van der Waals surface area contributed by atoms with Crippen molar-refractivity contribution in [2.45, 2.75) is 118 Å². The largest absolute Gasteiger partial charge is 0.453 e. The van der Waals surface area contributed by atoms with Gasteiger partial charge in [0.1, 0.15) is 12.2 Å². The van der Waals surface area contributed by atoms with Gasteiger partial charge in [0.2, 0.25) is 0 Å². The normalized spacial score (nSPS) is 23.7. The van der Waals surface area contributed by atoms with Gasteiger partial charge in [0.15, 0.2) is 48.2 Å². The molecule has 0 unspecified atom stereocenters. The molecule has 240 valence electrons. The SMILES string of the molecule is CC(=O)[C@@H](C)OC(=O)[C@@H](C)O.CC(=O)[C@H](C)OC(=O)[C@H](C)O.C[C@@H]1OC(=O)[C@H](C)OC1=O.C[C@H]1OC(=O)[C@@H](C)OC1=O. The standard InChI is InChI=1S/2C7H12O4.2C6H8O4/c2*1-4(8)6(3)11-7(10)5(2)9;2*1-3-5(7)10-4(2)6(8)9-3/h2*5-6,9H,1-3H3;2*3-4H,1-2H3/t2*5-,6-;2*3-,4-/m1010/s1. The Bertz CT molecular complexity index is 867. The number of hydrogen-bond acceptors (Lipinski definition) is 16. The lowest BCUT2D eigenvalue weighted by molar-refractivity contribution is -0.191. The van der Waals surface area contributed by atoms with E-state index in [4.69, 9.17) is 10.2 Å². The van der Waals surface area contributed by atoms with E-state index in [0.717, 1.165) is 0 Å². The lowest BCUT2D eigenvalue weighted by Gasteiger charge is -2.22. The Balaban J connectivity index is 0. The lowest BCUT2D eigenvalue weighted by atomic mass is 10.3. The molecule has 0 spiro atoms. The van der Waals surface area contributed by atoms with E-state index < -0.39 is 84.6 Å². The Morgan fingerprint density at radius 3 is 0.881 bits per heavy atom. The molecule has 2 saturated heterocycles. The van der Waals surface area contributed by atoms with Gasteiger partial charge >= 0.3 is 35.8 Å². The van der Waals surface area contributed by atoms with Gasteiger partial charge in [-0.25, -0.2) is 28.8 Å². The fourth-order valence-electron chi connectivity index (χ4n) is 1.98. The van der Waals surface area contributed by atoms with Gasteiger partial charge in [-0.05, 0) is 69.2 Å². The zero-order valence-corrected chi connectivity index (χ0v) is 25.2. The first kappa shape index (κ1) is 40.2. The molecule has 2 rings (SSSR count). The maximum atomic E-state index is 10.7. The highest BCUT2D eigenvalue weighted by Crippen LogP contribution is 2.09. The number of rotatable bonds is 6. The number of ether oxygens (including phenoxy) is 6. The molecule has 0 aromatic rings. The Morgan fingerprint density at radius 1 is 0.548 bits per heavy atom. The number of cyclic esters (lactones) is 4. The van der Waals surface area contributed by atoms with Gasteiger partial charge in [-0.1, -0.05) is 0 Å². The topological polar surface area (TPSA) is 232 Å². The van der Waals surface area contributed by atoms with E-state index >= 15 is 0 Å². The molecule has 0 aromatic carbocycles. The van der Waals surface area contributed by atoms with Gasteiger partial charge in [0.25, 0.3) is 0 Å². The first-order valence-corrected chi connectivity index (χ1v) is 12.7. The summed E-state index contributed by atoms with van der Waals surface area (Å²) < 4.78 is 27.5. The van der Waals surface area contributed by atoms with Crippen molar-refractivity contribution < 1.29 is 77.0 Å². The van der Waals surface area contributed by atoms with Gasteiger partial charge in [-0.2, -0.15) is 0 Å². The van der Waals surface area contributed by atoms with Gasteiger partial charge in [0.05, 0.1) is 0 Å². The summed E-state index contributed by atoms with van der Waals surface area (Å²) in [7, 11) is 0. The molecule has 16 heteroatoms.